The highest BCUT2D eigenvalue weighted by Crippen LogP contribution is 2.46. The van der Waals surface area contributed by atoms with Crippen molar-refractivity contribution in [2.45, 2.75) is 25.1 Å². The predicted octanol–water partition coefficient (Wildman–Crippen LogP) is 3.44. The monoisotopic (exact) mass is 319 g/mol. The number of nitrogens with one attached hydrogen (secondary N) is 1. The van der Waals surface area contributed by atoms with Gasteiger partial charge in [-0.05, 0) is 43.8 Å². The van der Waals surface area contributed by atoms with Crippen LogP contribution >= 0.6 is 0 Å². The molecule has 0 bridgehead atoms. The van der Waals surface area contributed by atoms with Gasteiger partial charge in [0.05, 0.1) is 0 Å². The minimum Gasteiger partial charge on any atom is -0.508 e. The number of alkyl halides is 1. The molecule has 0 heterocycles. The minimum absolute atomic E-state index is 0.0574. The smallest absolute Gasteiger partial charge is 0.168 e. The van der Waals surface area contributed by atoms with E-state index in [2.05, 4.69) is 5.32 Å². The summed E-state index contributed by atoms with van der Waals surface area (Å²) in [6, 6.07) is 9.26. The van der Waals surface area contributed by atoms with Crippen LogP contribution in [0.5, 0.6) is 11.5 Å². The van der Waals surface area contributed by atoms with Crippen LogP contribution in [0.1, 0.15) is 22.8 Å². The number of phenolic OH excluding ortho intramolecular Hbond substituents is 1. The third-order valence-electron chi connectivity index (χ3n) is 4.30. The van der Waals surface area contributed by atoms with Crippen LogP contribution in [0.2, 0.25) is 0 Å². The van der Waals surface area contributed by atoms with Crippen LogP contribution in [0.15, 0.2) is 36.4 Å². The molecule has 2 N–H and O–H groups in total. The average molecular weight is 319 g/mol. The molecule has 2 unspecified atom stereocenters. The first-order chi connectivity index (χ1) is 10.9. The highest BCUT2D eigenvalue weighted by atomic mass is 19.1. The Morgan fingerprint density at radius 1 is 1.35 bits per heavy atom. The minimum atomic E-state index is -1.66. The van der Waals surface area contributed by atoms with E-state index < -0.39 is 17.6 Å². The van der Waals surface area contributed by atoms with E-state index in [1.54, 1.807) is 26.1 Å². The molecule has 2 aromatic carbocycles. The number of hydrogen-bond donors (Lipinski definition) is 2. The van der Waals surface area contributed by atoms with E-state index in [9.17, 15) is 9.50 Å². The van der Waals surface area contributed by atoms with Crippen LogP contribution in [0, 0.1) is 12.7 Å². The van der Waals surface area contributed by atoms with Crippen molar-refractivity contribution in [3.8, 4) is 11.5 Å². The summed E-state index contributed by atoms with van der Waals surface area (Å²) in [6.07, 6.45) is -0.722. The van der Waals surface area contributed by atoms with Crippen LogP contribution in [0.25, 0.3) is 0 Å². The fourth-order valence-corrected chi connectivity index (χ4v) is 3.14. The Kier molecular flexibility index (Phi) is 3.98. The topological polar surface area (TPSA) is 41.5 Å². The highest BCUT2D eigenvalue weighted by Gasteiger charge is 2.48. The first-order valence-corrected chi connectivity index (χ1v) is 7.52. The lowest BCUT2D eigenvalue weighted by molar-refractivity contribution is 0.0225. The molecule has 5 heteroatoms. The van der Waals surface area contributed by atoms with Crippen molar-refractivity contribution < 1.29 is 18.6 Å². The van der Waals surface area contributed by atoms with Crippen molar-refractivity contribution >= 4 is 0 Å². The summed E-state index contributed by atoms with van der Waals surface area (Å²) < 4.78 is 35.1. The summed E-state index contributed by atoms with van der Waals surface area (Å²) in [5.41, 5.74) is 0.0721. The molecule has 0 radical (unpaired) electrons. The Morgan fingerprint density at radius 3 is 2.87 bits per heavy atom. The Balaban J connectivity index is 2.03. The quantitative estimate of drug-likeness (QED) is 0.907. The van der Waals surface area contributed by atoms with Gasteiger partial charge in [-0.15, -0.1) is 0 Å². The Hall–Kier alpha value is -2.14. The number of rotatable bonds is 4. The van der Waals surface area contributed by atoms with Crippen molar-refractivity contribution in [1.82, 2.24) is 5.32 Å². The maximum atomic E-state index is 15.5. The average Bonchev–Trinajstić information content (AvgIpc) is 2.76. The van der Waals surface area contributed by atoms with Gasteiger partial charge in [-0.3, -0.25) is 0 Å². The maximum Gasteiger partial charge on any atom is 0.168 e. The van der Waals surface area contributed by atoms with E-state index in [0.29, 0.717) is 16.9 Å². The molecule has 0 saturated heterocycles. The summed E-state index contributed by atoms with van der Waals surface area (Å²) >= 11 is 0. The molecule has 122 valence electrons. The SMILES string of the molecule is CNCC1(F)Cc2ccc(O)cc2C1Oc1cccc(F)c1C. The molecule has 0 fully saturated rings. The van der Waals surface area contributed by atoms with Crippen LogP contribution in [-0.4, -0.2) is 24.4 Å². The molecule has 3 nitrogen and oxygen atoms in total. The normalized spacial score (nSPS) is 22.9. The predicted molar refractivity (Wildman–Crippen MR) is 84.1 cm³/mol. The summed E-state index contributed by atoms with van der Waals surface area (Å²) in [6.45, 7) is 1.70. The molecule has 3 rings (SSSR count). The second-order valence-corrected chi connectivity index (χ2v) is 5.99. The molecule has 0 saturated carbocycles. The van der Waals surface area contributed by atoms with Crippen molar-refractivity contribution in [2.24, 2.45) is 0 Å². The Bertz CT molecular complexity index is 735. The molecule has 0 amide bonds. The van der Waals surface area contributed by atoms with Crippen LogP contribution < -0.4 is 10.1 Å². The number of ether oxygens (including phenoxy) is 1. The zero-order chi connectivity index (χ0) is 16.6. The number of phenols is 1. The molecule has 0 aliphatic heterocycles. The highest BCUT2D eigenvalue weighted by molar-refractivity contribution is 5.45. The van der Waals surface area contributed by atoms with E-state index in [4.69, 9.17) is 4.74 Å². The third-order valence-corrected chi connectivity index (χ3v) is 4.30. The van der Waals surface area contributed by atoms with E-state index >= 15 is 4.39 Å². The summed E-state index contributed by atoms with van der Waals surface area (Å²) in [5.74, 6) is -0.0268. The van der Waals surface area contributed by atoms with Gasteiger partial charge < -0.3 is 15.2 Å². The first kappa shape index (κ1) is 15.7. The van der Waals surface area contributed by atoms with E-state index in [-0.39, 0.29) is 18.7 Å². The fraction of sp³-hybridized carbons (Fsp3) is 0.333. The van der Waals surface area contributed by atoms with Gasteiger partial charge in [-0.1, -0.05) is 12.1 Å². The van der Waals surface area contributed by atoms with Crippen LogP contribution in [0.4, 0.5) is 8.78 Å². The molecule has 1 aliphatic rings. The van der Waals surface area contributed by atoms with Gasteiger partial charge >= 0.3 is 0 Å². The molecule has 0 aromatic heterocycles. The van der Waals surface area contributed by atoms with Gasteiger partial charge in [-0.25, -0.2) is 8.78 Å². The fourth-order valence-electron chi connectivity index (χ4n) is 3.14. The second-order valence-electron chi connectivity index (χ2n) is 5.99. The number of hydrogen-bond acceptors (Lipinski definition) is 3. The van der Waals surface area contributed by atoms with Crippen molar-refractivity contribution in [3.63, 3.8) is 0 Å². The molecule has 2 atom stereocenters. The lowest BCUT2D eigenvalue weighted by atomic mass is 9.99. The van der Waals surface area contributed by atoms with E-state index in [0.717, 1.165) is 5.56 Å². The van der Waals surface area contributed by atoms with Gasteiger partial charge in [0.15, 0.2) is 11.8 Å². The summed E-state index contributed by atoms with van der Waals surface area (Å²) in [5, 5.41) is 12.6. The lowest BCUT2D eigenvalue weighted by Crippen LogP contribution is -2.41. The molecule has 0 spiro atoms. The van der Waals surface area contributed by atoms with Crippen molar-refractivity contribution in [3.05, 3.63) is 58.9 Å². The van der Waals surface area contributed by atoms with Crippen molar-refractivity contribution in [1.29, 1.82) is 0 Å². The first-order valence-electron chi connectivity index (χ1n) is 7.52. The van der Waals surface area contributed by atoms with Gasteiger partial charge in [-0.2, -0.15) is 0 Å². The molecular formula is C18H19F2NO2. The van der Waals surface area contributed by atoms with Crippen molar-refractivity contribution in [2.75, 3.05) is 13.6 Å². The largest absolute Gasteiger partial charge is 0.508 e. The second kappa shape index (κ2) is 5.81. The molecule has 2 aromatic rings. The number of halogens is 2. The Morgan fingerprint density at radius 2 is 2.13 bits per heavy atom. The molecule has 23 heavy (non-hydrogen) atoms. The Labute approximate surface area is 133 Å². The van der Waals surface area contributed by atoms with E-state index in [1.807, 2.05) is 0 Å². The standard InChI is InChI=1S/C18H19F2NO2/c1-11-15(19)4-3-5-16(11)23-17-14-8-13(22)7-6-12(14)9-18(17,20)10-21-2/h3-8,17,21-22H,9-10H2,1-2H3. The van der Waals surface area contributed by atoms with Crippen LogP contribution in [-0.2, 0) is 6.42 Å². The van der Waals surface area contributed by atoms with Gasteiger partial charge in [0.25, 0.3) is 0 Å². The van der Waals surface area contributed by atoms with Gasteiger partial charge in [0.1, 0.15) is 17.3 Å². The van der Waals surface area contributed by atoms with E-state index in [1.165, 1.54) is 24.3 Å². The number of aromatic hydroxyl groups is 1. The zero-order valence-electron chi connectivity index (χ0n) is 13.1. The maximum absolute atomic E-state index is 15.5. The summed E-state index contributed by atoms with van der Waals surface area (Å²) in [7, 11) is 1.67. The summed E-state index contributed by atoms with van der Waals surface area (Å²) in [4.78, 5) is 0. The van der Waals surface area contributed by atoms with Crippen LogP contribution in [0.3, 0.4) is 0 Å². The lowest BCUT2D eigenvalue weighted by Gasteiger charge is -2.29. The zero-order valence-corrected chi connectivity index (χ0v) is 13.1. The number of fused-ring (bicyclic) bond motifs is 1. The number of benzene rings is 2. The third kappa shape index (κ3) is 2.77. The molecular weight excluding hydrogens is 300 g/mol. The molecule has 1 aliphatic carbocycles. The van der Waals surface area contributed by atoms with Gasteiger partial charge in [0, 0.05) is 24.1 Å². The van der Waals surface area contributed by atoms with Gasteiger partial charge in [0.2, 0.25) is 0 Å².